The first-order chi connectivity index (χ1) is 8.33. The van der Waals surface area contributed by atoms with E-state index >= 15 is 0 Å². The maximum Gasteiger partial charge on any atom is 0.149 e. The number of nitrogens with one attached hydrogen (secondary N) is 2. The fraction of sp³-hybridized carbons (Fsp3) is 0.643. The molecule has 0 spiro atoms. The molecule has 3 rings (SSSR count). The Labute approximate surface area is 103 Å². The van der Waals surface area contributed by atoms with Gasteiger partial charge in [-0.05, 0) is 37.8 Å². The van der Waals surface area contributed by atoms with Crippen molar-refractivity contribution in [2.75, 3.05) is 17.2 Å². The second-order valence-electron chi connectivity index (χ2n) is 5.38. The highest BCUT2D eigenvalue weighted by molar-refractivity contribution is 5.66. The molecule has 2 atom stereocenters. The van der Waals surface area contributed by atoms with Crippen molar-refractivity contribution in [2.24, 2.45) is 5.92 Å². The first-order valence-electron chi connectivity index (χ1n) is 6.81. The van der Waals surface area contributed by atoms with E-state index in [1.165, 1.54) is 37.8 Å². The predicted octanol–water partition coefficient (Wildman–Crippen LogP) is 3.18. The van der Waals surface area contributed by atoms with Crippen molar-refractivity contribution in [3.8, 4) is 0 Å². The van der Waals surface area contributed by atoms with E-state index in [0.717, 1.165) is 24.0 Å². The largest absolute Gasteiger partial charge is 0.382 e. The van der Waals surface area contributed by atoms with Crippen LogP contribution in [0.2, 0.25) is 0 Å². The molecular weight excluding hydrogens is 210 g/mol. The molecule has 1 aliphatic heterocycles. The molecule has 0 bridgehead atoms. The number of fused-ring (bicyclic) bond motifs is 2. The molecule has 1 aromatic rings. The molecule has 0 saturated heterocycles. The molecule has 0 aromatic carbocycles. The van der Waals surface area contributed by atoms with Crippen molar-refractivity contribution in [1.82, 2.24) is 4.98 Å². The number of hydrogen-bond donors (Lipinski definition) is 2. The molecular formula is C14H21N3. The minimum Gasteiger partial charge on any atom is -0.382 e. The zero-order chi connectivity index (χ0) is 11.7. The van der Waals surface area contributed by atoms with Gasteiger partial charge in [0.15, 0.2) is 0 Å². The van der Waals surface area contributed by atoms with E-state index in [4.69, 9.17) is 0 Å². The molecule has 0 amide bonds. The molecule has 17 heavy (non-hydrogen) atoms. The zero-order valence-corrected chi connectivity index (χ0v) is 10.5. The summed E-state index contributed by atoms with van der Waals surface area (Å²) in [6, 6.07) is 4.84. The molecule has 2 unspecified atom stereocenters. The van der Waals surface area contributed by atoms with Gasteiger partial charge in [-0.3, -0.25) is 0 Å². The molecule has 3 nitrogen and oxygen atoms in total. The Morgan fingerprint density at radius 2 is 2.06 bits per heavy atom. The van der Waals surface area contributed by atoms with Crippen LogP contribution in [0.4, 0.5) is 11.5 Å². The molecule has 1 fully saturated rings. The highest BCUT2D eigenvalue weighted by Gasteiger charge is 2.27. The topological polar surface area (TPSA) is 37.0 Å². The quantitative estimate of drug-likeness (QED) is 0.720. The lowest BCUT2D eigenvalue weighted by Crippen LogP contribution is -2.30. The van der Waals surface area contributed by atoms with Crippen LogP contribution in [0, 0.1) is 12.8 Å². The van der Waals surface area contributed by atoms with Crippen LogP contribution in [0.5, 0.6) is 0 Å². The smallest absolute Gasteiger partial charge is 0.149 e. The second kappa shape index (κ2) is 4.55. The van der Waals surface area contributed by atoms with E-state index in [-0.39, 0.29) is 0 Å². The minimum atomic E-state index is 0.612. The summed E-state index contributed by atoms with van der Waals surface area (Å²) in [5.41, 5.74) is 2.26. The van der Waals surface area contributed by atoms with Crippen LogP contribution < -0.4 is 10.6 Å². The standard InChI is InChI=1S/C14H21N3/c1-10-7-8-13-14(16-10)17-12-6-4-2-3-5-11(12)9-15-13/h7-8,11-12,15H,2-6,9H2,1H3,(H,16,17). The minimum absolute atomic E-state index is 0.612. The Kier molecular flexibility index (Phi) is 2.91. The number of anilines is 2. The molecule has 92 valence electrons. The van der Waals surface area contributed by atoms with Gasteiger partial charge in [0.05, 0.1) is 5.69 Å². The summed E-state index contributed by atoms with van der Waals surface area (Å²) in [7, 11) is 0. The Morgan fingerprint density at radius 3 is 3.00 bits per heavy atom. The molecule has 2 N–H and O–H groups in total. The summed E-state index contributed by atoms with van der Waals surface area (Å²) in [5, 5.41) is 7.22. The average molecular weight is 231 g/mol. The molecule has 2 aliphatic rings. The number of hydrogen-bond acceptors (Lipinski definition) is 3. The van der Waals surface area contributed by atoms with Crippen molar-refractivity contribution in [3.63, 3.8) is 0 Å². The van der Waals surface area contributed by atoms with E-state index in [2.05, 4.69) is 34.7 Å². The molecule has 2 heterocycles. The Hall–Kier alpha value is -1.25. The van der Waals surface area contributed by atoms with E-state index in [1.54, 1.807) is 0 Å². The number of aromatic nitrogens is 1. The summed E-state index contributed by atoms with van der Waals surface area (Å²) in [4.78, 5) is 4.62. The Morgan fingerprint density at radius 1 is 1.18 bits per heavy atom. The van der Waals surface area contributed by atoms with Gasteiger partial charge < -0.3 is 10.6 Å². The summed E-state index contributed by atoms with van der Waals surface area (Å²) in [5.74, 6) is 1.81. The third-order valence-electron chi connectivity index (χ3n) is 4.07. The summed E-state index contributed by atoms with van der Waals surface area (Å²) in [6.07, 6.45) is 6.77. The first kappa shape index (κ1) is 10.9. The van der Waals surface area contributed by atoms with E-state index in [0.29, 0.717) is 6.04 Å². The highest BCUT2D eigenvalue weighted by Crippen LogP contribution is 2.32. The van der Waals surface area contributed by atoms with E-state index in [1.807, 2.05) is 0 Å². The van der Waals surface area contributed by atoms with Gasteiger partial charge in [0, 0.05) is 18.3 Å². The van der Waals surface area contributed by atoms with Gasteiger partial charge in [-0.25, -0.2) is 4.98 Å². The third kappa shape index (κ3) is 2.24. The lowest BCUT2D eigenvalue weighted by atomic mass is 9.95. The van der Waals surface area contributed by atoms with Crippen LogP contribution in [0.15, 0.2) is 12.1 Å². The van der Waals surface area contributed by atoms with Crippen molar-refractivity contribution >= 4 is 11.5 Å². The van der Waals surface area contributed by atoms with Gasteiger partial charge >= 0.3 is 0 Å². The van der Waals surface area contributed by atoms with Crippen molar-refractivity contribution in [3.05, 3.63) is 17.8 Å². The summed E-state index contributed by atoms with van der Waals surface area (Å²) >= 11 is 0. The molecule has 1 aromatic heterocycles. The van der Waals surface area contributed by atoms with Gasteiger partial charge in [0.25, 0.3) is 0 Å². The number of rotatable bonds is 0. The molecule has 0 radical (unpaired) electrons. The van der Waals surface area contributed by atoms with Crippen LogP contribution in [0.25, 0.3) is 0 Å². The second-order valence-corrected chi connectivity index (χ2v) is 5.38. The molecule has 3 heteroatoms. The van der Waals surface area contributed by atoms with Crippen LogP contribution in [-0.2, 0) is 0 Å². The van der Waals surface area contributed by atoms with E-state index < -0.39 is 0 Å². The monoisotopic (exact) mass is 231 g/mol. The normalized spacial score (nSPS) is 27.8. The van der Waals surface area contributed by atoms with Crippen molar-refractivity contribution in [2.45, 2.75) is 45.1 Å². The van der Waals surface area contributed by atoms with Gasteiger partial charge in [-0.2, -0.15) is 0 Å². The average Bonchev–Trinajstić information content (AvgIpc) is 2.61. The van der Waals surface area contributed by atoms with Gasteiger partial charge in [0.1, 0.15) is 5.82 Å². The molecule has 1 aliphatic carbocycles. The first-order valence-corrected chi connectivity index (χ1v) is 6.81. The number of aryl methyl sites for hydroxylation is 1. The van der Waals surface area contributed by atoms with Crippen molar-refractivity contribution in [1.29, 1.82) is 0 Å². The van der Waals surface area contributed by atoms with Gasteiger partial charge in [0.2, 0.25) is 0 Å². The van der Waals surface area contributed by atoms with Crippen molar-refractivity contribution < 1.29 is 0 Å². The fourth-order valence-electron chi connectivity index (χ4n) is 3.04. The number of pyridine rings is 1. The van der Waals surface area contributed by atoms with Crippen LogP contribution in [-0.4, -0.2) is 17.6 Å². The van der Waals surface area contributed by atoms with Crippen LogP contribution >= 0.6 is 0 Å². The van der Waals surface area contributed by atoms with Gasteiger partial charge in [-0.1, -0.05) is 19.3 Å². The van der Waals surface area contributed by atoms with Gasteiger partial charge in [-0.15, -0.1) is 0 Å². The third-order valence-corrected chi connectivity index (χ3v) is 4.07. The van der Waals surface area contributed by atoms with Crippen LogP contribution in [0.3, 0.4) is 0 Å². The summed E-state index contributed by atoms with van der Waals surface area (Å²) in [6.45, 7) is 3.15. The lowest BCUT2D eigenvalue weighted by Gasteiger charge is -2.23. The highest BCUT2D eigenvalue weighted by atomic mass is 15.1. The maximum atomic E-state index is 4.62. The van der Waals surface area contributed by atoms with E-state index in [9.17, 15) is 0 Å². The molecule has 1 saturated carbocycles. The zero-order valence-electron chi connectivity index (χ0n) is 10.5. The Bertz CT molecular complexity index is 402. The SMILES string of the molecule is Cc1ccc2c(n1)NC1CCCCCC1CN2. The van der Waals surface area contributed by atoms with Crippen LogP contribution in [0.1, 0.15) is 37.8 Å². The summed E-state index contributed by atoms with van der Waals surface area (Å²) < 4.78 is 0. The fourth-order valence-corrected chi connectivity index (χ4v) is 3.04. The maximum absolute atomic E-state index is 4.62. The Balaban J connectivity index is 1.87. The number of nitrogens with zero attached hydrogens (tertiary/aromatic N) is 1. The lowest BCUT2D eigenvalue weighted by molar-refractivity contribution is 0.443. The predicted molar refractivity (Wildman–Crippen MR) is 71.4 cm³/mol.